The summed E-state index contributed by atoms with van der Waals surface area (Å²) in [5.41, 5.74) is 7.00. The van der Waals surface area contributed by atoms with Crippen molar-refractivity contribution in [2.45, 2.75) is 6.04 Å². The Hall–Kier alpha value is -1.66. The third kappa shape index (κ3) is 2.62. The van der Waals surface area contributed by atoms with Gasteiger partial charge in [-0.15, -0.1) is 0 Å². The van der Waals surface area contributed by atoms with Gasteiger partial charge in [0.15, 0.2) is 11.5 Å². The van der Waals surface area contributed by atoms with Crippen molar-refractivity contribution in [2.75, 3.05) is 21.3 Å². The summed E-state index contributed by atoms with van der Waals surface area (Å²) in [4.78, 5) is 0. The molecule has 1 aromatic heterocycles. The third-order valence-corrected chi connectivity index (χ3v) is 3.65. The van der Waals surface area contributed by atoms with E-state index >= 15 is 0 Å². The lowest BCUT2D eigenvalue weighted by molar-refractivity contribution is 0.346. The number of hydrogen-bond donors (Lipinski definition) is 1. The maximum Gasteiger partial charge on any atom is 0.164 e. The van der Waals surface area contributed by atoms with Gasteiger partial charge in [-0.25, -0.2) is 0 Å². The number of furan rings is 1. The van der Waals surface area contributed by atoms with Crippen molar-refractivity contribution in [1.82, 2.24) is 0 Å². The van der Waals surface area contributed by atoms with Gasteiger partial charge < -0.3 is 24.4 Å². The topological polar surface area (TPSA) is 66.9 Å². The molecule has 0 aliphatic rings. The van der Waals surface area contributed by atoms with E-state index in [1.807, 2.05) is 0 Å². The van der Waals surface area contributed by atoms with Crippen molar-refractivity contribution in [1.29, 1.82) is 0 Å². The first kappa shape index (κ1) is 14.7. The fourth-order valence-corrected chi connectivity index (χ4v) is 2.41. The molecule has 1 heterocycles. The van der Waals surface area contributed by atoms with Crippen LogP contribution in [0.1, 0.15) is 17.4 Å². The minimum atomic E-state index is -0.478. The molecule has 5 nitrogen and oxygen atoms in total. The molecule has 0 aliphatic heterocycles. The Kier molecular flexibility index (Phi) is 4.57. The predicted molar refractivity (Wildman–Crippen MR) is 78.5 cm³/mol. The van der Waals surface area contributed by atoms with Crippen molar-refractivity contribution in [3.63, 3.8) is 0 Å². The largest absolute Gasteiger partial charge is 0.496 e. The number of rotatable bonds is 5. The van der Waals surface area contributed by atoms with Crippen LogP contribution in [0.5, 0.6) is 17.2 Å². The van der Waals surface area contributed by atoms with E-state index in [0.29, 0.717) is 23.0 Å². The van der Waals surface area contributed by atoms with Crippen LogP contribution in [0.25, 0.3) is 0 Å². The number of benzene rings is 1. The van der Waals surface area contributed by atoms with E-state index in [-0.39, 0.29) is 0 Å². The van der Waals surface area contributed by atoms with Crippen LogP contribution in [0.15, 0.2) is 33.4 Å². The molecular weight excluding hydrogens is 326 g/mol. The second-order valence-corrected chi connectivity index (χ2v) is 4.91. The lowest BCUT2D eigenvalue weighted by Gasteiger charge is -2.17. The first-order chi connectivity index (χ1) is 9.62. The van der Waals surface area contributed by atoms with Crippen molar-refractivity contribution in [2.24, 2.45) is 5.73 Å². The Morgan fingerprint density at radius 3 is 2.15 bits per heavy atom. The second-order valence-electron chi connectivity index (χ2n) is 4.06. The molecular formula is C14H16BrNO4. The highest BCUT2D eigenvalue weighted by atomic mass is 79.9. The summed E-state index contributed by atoms with van der Waals surface area (Å²) < 4.78 is 22.1. The van der Waals surface area contributed by atoms with Gasteiger partial charge in [0.2, 0.25) is 0 Å². The molecule has 6 heteroatoms. The molecule has 0 bridgehead atoms. The van der Waals surface area contributed by atoms with Crippen molar-refractivity contribution in [3.8, 4) is 17.2 Å². The van der Waals surface area contributed by atoms with Crippen LogP contribution in [0.4, 0.5) is 0 Å². The summed E-state index contributed by atoms with van der Waals surface area (Å²) in [5, 5.41) is 0. The highest BCUT2D eigenvalue weighted by molar-refractivity contribution is 9.10. The zero-order chi connectivity index (χ0) is 14.7. The normalized spacial score (nSPS) is 12.1. The van der Waals surface area contributed by atoms with Gasteiger partial charge in [-0.2, -0.15) is 0 Å². The van der Waals surface area contributed by atoms with Crippen LogP contribution in [0.2, 0.25) is 0 Å². The van der Waals surface area contributed by atoms with E-state index in [2.05, 4.69) is 15.9 Å². The molecule has 0 fully saturated rings. The quantitative estimate of drug-likeness (QED) is 0.904. The van der Waals surface area contributed by atoms with Crippen LogP contribution < -0.4 is 19.9 Å². The van der Waals surface area contributed by atoms with Crippen molar-refractivity contribution >= 4 is 15.9 Å². The zero-order valence-electron chi connectivity index (χ0n) is 11.5. The molecule has 1 unspecified atom stereocenters. The maximum atomic E-state index is 6.25. The zero-order valence-corrected chi connectivity index (χ0v) is 13.1. The second kappa shape index (κ2) is 6.19. The van der Waals surface area contributed by atoms with Crippen LogP contribution in [-0.4, -0.2) is 21.3 Å². The Balaban J connectivity index is 2.52. The first-order valence-electron chi connectivity index (χ1n) is 5.90. The van der Waals surface area contributed by atoms with Crippen LogP contribution in [-0.2, 0) is 0 Å². The molecule has 0 aliphatic carbocycles. The van der Waals surface area contributed by atoms with Gasteiger partial charge in [0.25, 0.3) is 0 Å². The lowest BCUT2D eigenvalue weighted by atomic mass is 10.0. The highest BCUT2D eigenvalue weighted by Gasteiger charge is 2.22. The van der Waals surface area contributed by atoms with Gasteiger partial charge in [0, 0.05) is 11.6 Å². The summed E-state index contributed by atoms with van der Waals surface area (Å²) in [6.07, 6.45) is 1.58. The summed E-state index contributed by atoms with van der Waals surface area (Å²) in [6, 6.07) is 4.85. The van der Waals surface area contributed by atoms with Gasteiger partial charge in [-0.3, -0.25) is 0 Å². The van der Waals surface area contributed by atoms with E-state index in [1.54, 1.807) is 45.8 Å². The minimum Gasteiger partial charge on any atom is -0.496 e. The Morgan fingerprint density at radius 2 is 1.65 bits per heavy atom. The van der Waals surface area contributed by atoms with Gasteiger partial charge in [-0.1, -0.05) is 0 Å². The molecule has 0 saturated heterocycles. The number of ether oxygens (including phenoxy) is 3. The minimum absolute atomic E-state index is 0.478. The molecule has 108 valence electrons. The van der Waals surface area contributed by atoms with Crippen molar-refractivity contribution < 1.29 is 18.6 Å². The highest BCUT2D eigenvalue weighted by Crippen LogP contribution is 2.39. The third-order valence-electron chi connectivity index (χ3n) is 3.00. The summed E-state index contributed by atoms with van der Waals surface area (Å²) in [7, 11) is 4.72. The molecule has 0 amide bonds. The predicted octanol–water partition coefficient (Wildman–Crippen LogP) is 3.12. The number of halogens is 1. The molecule has 0 radical (unpaired) electrons. The molecule has 0 saturated carbocycles. The SMILES string of the molecule is COc1cc(OC)c(C(N)c2occc2Br)cc1OC. The van der Waals surface area contributed by atoms with Crippen molar-refractivity contribution in [3.05, 3.63) is 40.3 Å². The van der Waals surface area contributed by atoms with E-state index in [0.717, 1.165) is 10.0 Å². The summed E-state index contributed by atoms with van der Waals surface area (Å²) in [5.74, 6) is 2.40. The summed E-state index contributed by atoms with van der Waals surface area (Å²) in [6.45, 7) is 0. The van der Waals surface area contributed by atoms with E-state index in [4.69, 9.17) is 24.4 Å². The first-order valence-corrected chi connectivity index (χ1v) is 6.70. The fraction of sp³-hybridized carbons (Fsp3) is 0.286. The van der Waals surface area contributed by atoms with E-state index in [9.17, 15) is 0 Å². The number of nitrogens with two attached hydrogens (primary N) is 1. The standard InChI is InChI=1S/C14H16BrNO4/c1-17-10-7-12(19-3)11(18-2)6-8(10)13(16)14-9(15)4-5-20-14/h4-7,13H,16H2,1-3H3. The fourth-order valence-electron chi connectivity index (χ4n) is 1.96. The lowest BCUT2D eigenvalue weighted by Crippen LogP contribution is -2.13. The van der Waals surface area contributed by atoms with Gasteiger partial charge >= 0.3 is 0 Å². The smallest absolute Gasteiger partial charge is 0.164 e. The molecule has 2 N–H and O–H groups in total. The Morgan fingerprint density at radius 1 is 1.05 bits per heavy atom. The van der Waals surface area contributed by atoms with Gasteiger partial charge in [0.05, 0.1) is 38.1 Å². The number of methoxy groups -OCH3 is 3. The Bertz CT molecular complexity index is 597. The monoisotopic (exact) mass is 341 g/mol. The van der Waals surface area contributed by atoms with Gasteiger partial charge in [0.1, 0.15) is 11.5 Å². The van der Waals surface area contributed by atoms with Gasteiger partial charge in [-0.05, 0) is 28.1 Å². The number of hydrogen-bond acceptors (Lipinski definition) is 5. The molecule has 20 heavy (non-hydrogen) atoms. The van der Waals surface area contributed by atoms with E-state index < -0.39 is 6.04 Å². The van der Waals surface area contributed by atoms with E-state index in [1.165, 1.54) is 0 Å². The maximum absolute atomic E-state index is 6.25. The molecule has 1 atom stereocenters. The molecule has 2 rings (SSSR count). The molecule has 2 aromatic rings. The molecule has 0 spiro atoms. The Labute approximate surface area is 125 Å². The average molecular weight is 342 g/mol. The summed E-state index contributed by atoms with van der Waals surface area (Å²) >= 11 is 3.40. The van der Waals surface area contributed by atoms with Crippen LogP contribution in [0.3, 0.4) is 0 Å². The van der Waals surface area contributed by atoms with Crippen LogP contribution in [0, 0.1) is 0 Å². The molecule has 1 aromatic carbocycles. The average Bonchev–Trinajstić information content (AvgIpc) is 2.91. The van der Waals surface area contributed by atoms with Crippen LogP contribution >= 0.6 is 15.9 Å².